The van der Waals surface area contributed by atoms with Crippen LogP contribution in [0.2, 0.25) is 0 Å². The van der Waals surface area contributed by atoms with Gasteiger partial charge in [-0.2, -0.15) is 5.10 Å². The number of likely N-dealkylation sites (tertiary alicyclic amines) is 1. The number of hydrogen-bond acceptors (Lipinski definition) is 4. The molecule has 0 saturated carbocycles. The van der Waals surface area contributed by atoms with Crippen molar-refractivity contribution in [2.75, 3.05) is 6.54 Å². The molecule has 0 spiro atoms. The van der Waals surface area contributed by atoms with Crippen LogP contribution in [-0.2, 0) is 0 Å². The topological polar surface area (TPSA) is 69.9 Å². The molecule has 2 N–H and O–H groups in total. The first-order chi connectivity index (χ1) is 14.0. The lowest BCUT2D eigenvalue weighted by molar-refractivity contribution is 0.0293. The summed E-state index contributed by atoms with van der Waals surface area (Å²) in [5, 5.41) is 17.4. The van der Waals surface area contributed by atoms with Gasteiger partial charge in [0.05, 0.1) is 23.4 Å². The number of rotatable bonds is 5. The van der Waals surface area contributed by atoms with E-state index in [4.69, 9.17) is 0 Å². The van der Waals surface area contributed by atoms with Gasteiger partial charge in [-0.15, -0.1) is 0 Å². The van der Waals surface area contributed by atoms with Crippen LogP contribution in [0.5, 0.6) is 0 Å². The second-order valence-corrected chi connectivity index (χ2v) is 7.31. The number of hydrogen-bond donors (Lipinski definition) is 2. The monoisotopic (exact) mass is 400 g/mol. The Morgan fingerprint density at radius 3 is 2.93 bits per heavy atom. The fraction of sp³-hybridized carbons (Fsp3) is 0.333. The standard InChI is InChI=1S/C21H22F2N4O2/c1-13(28)20(25-21(29)16-12-24-27-10-3-2-5-19(16)27)26-9-4-6-18(26)15-11-14(22)7-8-17(15)23/h2-3,5,7-8,10-13,18,20,28H,4,6,9H2,1H3,(H,25,29)/t13-,18+,20?/m0/s1. The van der Waals surface area contributed by atoms with Crippen LogP contribution in [0.15, 0.2) is 48.8 Å². The van der Waals surface area contributed by atoms with Crippen molar-refractivity contribution in [3.63, 3.8) is 0 Å². The van der Waals surface area contributed by atoms with E-state index in [2.05, 4.69) is 10.4 Å². The van der Waals surface area contributed by atoms with E-state index in [-0.39, 0.29) is 11.5 Å². The van der Waals surface area contributed by atoms with Gasteiger partial charge in [0.25, 0.3) is 5.91 Å². The molecule has 3 atom stereocenters. The Labute approximate surface area is 166 Å². The van der Waals surface area contributed by atoms with E-state index in [1.54, 1.807) is 23.7 Å². The molecule has 1 aliphatic rings. The summed E-state index contributed by atoms with van der Waals surface area (Å²) >= 11 is 0. The molecule has 0 aliphatic carbocycles. The third kappa shape index (κ3) is 3.73. The molecule has 152 valence electrons. The highest BCUT2D eigenvalue weighted by Gasteiger charge is 2.36. The molecule has 3 aromatic rings. The van der Waals surface area contributed by atoms with Gasteiger partial charge in [-0.25, -0.2) is 13.3 Å². The molecule has 4 rings (SSSR count). The molecule has 2 aromatic heterocycles. The largest absolute Gasteiger partial charge is 0.390 e. The van der Waals surface area contributed by atoms with Gasteiger partial charge in [0.2, 0.25) is 0 Å². The maximum Gasteiger partial charge on any atom is 0.256 e. The number of fused-ring (bicyclic) bond motifs is 1. The molecule has 0 radical (unpaired) electrons. The SMILES string of the molecule is C[C@H](O)C(NC(=O)c1cnn2ccccc12)N1CCC[C@@H]1c1cc(F)ccc1F. The van der Waals surface area contributed by atoms with E-state index < -0.39 is 29.9 Å². The number of aliphatic hydroxyl groups is 1. The zero-order chi connectivity index (χ0) is 20.5. The molecule has 6 nitrogen and oxygen atoms in total. The first kappa shape index (κ1) is 19.5. The van der Waals surface area contributed by atoms with Crippen molar-refractivity contribution in [1.82, 2.24) is 19.8 Å². The zero-order valence-corrected chi connectivity index (χ0v) is 15.9. The van der Waals surface area contributed by atoms with Gasteiger partial charge in [-0.1, -0.05) is 6.07 Å². The fourth-order valence-corrected chi connectivity index (χ4v) is 4.03. The number of nitrogens with zero attached hydrogens (tertiary/aromatic N) is 3. The van der Waals surface area contributed by atoms with Crippen LogP contribution >= 0.6 is 0 Å². The van der Waals surface area contributed by atoms with E-state index in [0.717, 1.165) is 18.6 Å². The molecule has 1 aliphatic heterocycles. The quantitative estimate of drug-likeness (QED) is 0.691. The summed E-state index contributed by atoms with van der Waals surface area (Å²) in [6, 6.07) is 8.33. The number of carbonyl (C=O) groups excluding carboxylic acids is 1. The maximum absolute atomic E-state index is 14.4. The Bertz CT molecular complexity index is 1040. The molecule has 1 saturated heterocycles. The molecular formula is C21H22F2N4O2. The van der Waals surface area contributed by atoms with Gasteiger partial charge in [0, 0.05) is 24.3 Å². The van der Waals surface area contributed by atoms with Crippen molar-refractivity contribution in [3.05, 3.63) is 71.6 Å². The summed E-state index contributed by atoms with van der Waals surface area (Å²) in [7, 11) is 0. The van der Waals surface area contributed by atoms with E-state index in [9.17, 15) is 18.7 Å². The lowest BCUT2D eigenvalue weighted by atomic mass is 10.0. The Morgan fingerprint density at radius 1 is 1.31 bits per heavy atom. The lowest BCUT2D eigenvalue weighted by Gasteiger charge is -2.35. The number of halogens is 2. The number of benzene rings is 1. The molecule has 0 bridgehead atoms. The Morgan fingerprint density at radius 2 is 2.14 bits per heavy atom. The zero-order valence-electron chi connectivity index (χ0n) is 15.9. The summed E-state index contributed by atoms with van der Waals surface area (Å²) in [6.45, 7) is 2.11. The van der Waals surface area contributed by atoms with Crippen molar-refractivity contribution in [3.8, 4) is 0 Å². The number of pyridine rings is 1. The average molecular weight is 400 g/mol. The highest BCUT2D eigenvalue weighted by atomic mass is 19.1. The number of nitrogens with one attached hydrogen (secondary N) is 1. The summed E-state index contributed by atoms with van der Waals surface area (Å²) < 4.78 is 29.7. The van der Waals surface area contributed by atoms with Crippen LogP contribution in [0, 0.1) is 11.6 Å². The van der Waals surface area contributed by atoms with Crippen LogP contribution < -0.4 is 5.32 Å². The van der Waals surface area contributed by atoms with Crippen LogP contribution in [0.25, 0.3) is 5.52 Å². The van der Waals surface area contributed by atoms with Crippen LogP contribution in [0.3, 0.4) is 0 Å². The molecule has 3 heterocycles. The van der Waals surface area contributed by atoms with Crippen LogP contribution in [0.1, 0.15) is 41.7 Å². The summed E-state index contributed by atoms with van der Waals surface area (Å²) in [4.78, 5) is 14.7. The molecule has 8 heteroatoms. The summed E-state index contributed by atoms with van der Waals surface area (Å²) in [5.74, 6) is -1.40. The van der Waals surface area contributed by atoms with Gasteiger partial charge in [0.15, 0.2) is 0 Å². The minimum absolute atomic E-state index is 0.235. The van der Waals surface area contributed by atoms with E-state index in [1.165, 1.54) is 12.3 Å². The second kappa shape index (κ2) is 7.88. The Hall–Kier alpha value is -2.84. The van der Waals surface area contributed by atoms with Crippen LogP contribution in [-0.4, -0.2) is 44.3 Å². The predicted octanol–water partition coefficient (Wildman–Crippen LogP) is 2.89. The van der Waals surface area contributed by atoms with Gasteiger partial charge < -0.3 is 10.4 Å². The number of amides is 1. The van der Waals surface area contributed by atoms with Crippen molar-refractivity contribution in [1.29, 1.82) is 0 Å². The lowest BCUT2D eigenvalue weighted by Crippen LogP contribution is -2.53. The van der Waals surface area contributed by atoms with E-state index in [0.29, 0.717) is 24.0 Å². The predicted molar refractivity (Wildman–Crippen MR) is 103 cm³/mol. The van der Waals surface area contributed by atoms with Crippen molar-refractivity contribution in [2.45, 2.75) is 38.1 Å². The van der Waals surface area contributed by atoms with Crippen molar-refractivity contribution >= 4 is 11.4 Å². The number of carbonyl (C=O) groups is 1. The highest BCUT2D eigenvalue weighted by molar-refractivity contribution is 6.00. The molecule has 29 heavy (non-hydrogen) atoms. The van der Waals surface area contributed by atoms with E-state index in [1.807, 2.05) is 17.0 Å². The maximum atomic E-state index is 14.4. The fourth-order valence-electron chi connectivity index (χ4n) is 4.03. The smallest absolute Gasteiger partial charge is 0.256 e. The molecular weight excluding hydrogens is 378 g/mol. The van der Waals surface area contributed by atoms with Gasteiger partial charge in [0.1, 0.15) is 17.8 Å². The first-order valence-corrected chi connectivity index (χ1v) is 9.57. The van der Waals surface area contributed by atoms with Gasteiger partial charge in [-0.3, -0.25) is 9.69 Å². The second-order valence-electron chi connectivity index (χ2n) is 7.31. The molecule has 1 aromatic carbocycles. The number of aromatic nitrogens is 2. The Balaban J connectivity index is 1.61. The van der Waals surface area contributed by atoms with Crippen molar-refractivity contribution in [2.24, 2.45) is 0 Å². The van der Waals surface area contributed by atoms with Crippen molar-refractivity contribution < 1.29 is 18.7 Å². The number of aliphatic hydroxyl groups excluding tert-OH is 1. The van der Waals surface area contributed by atoms with Gasteiger partial charge >= 0.3 is 0 Å². The minimum Gasteiger partial charge on any atom is -0.390 e. The Kier molecular flexibility index (Phi) is 5.29. The first-order valence-electron chi connectivity index (χ1n) is 9.57. The van der Waals surface area contributed by atoms with E-state index >= 15 is 0 Å². The third-order valence-corrected chi connectivity index (χ3v) is 5.38. The molecule has 1 fully saturated rings. The minimum atomic E-state index is -0.919. The normalized spacial score (nSPS) is 19.4. The summed E-state index contributed by atoms with van der Waals surface area (Å²) in [5.41, 5.74) is 1.26. The highest BCUT2D eigenvalue weighted by Crippen LogP contribution is 2.35. The average Bonchev–Trinajstić information content (AvgIpc) is 3.34. The third-order valence-electron chi connectivity index (χ3n) is 5.38. The molecule has 1 amide bonds. The van der Waals surface area contributed by atoms with Gasteiger partial charge in [-0.05, 0) is 50.1 Å². The molecule has 1 unspecified atom stereocenters. The van der Waals surface area contributed by atoms with Crippen LogP contribution in [0.4, 0.5) is 8.78 Å². The summed E-state index contributed by atoms with van der Waals surface area (Å²) in [6.07, 6.45) is 2.89.